The topological polar surface area (TPSA) is 72.7 Å². The van der Waals surface area contributed by atoms with Gasteiger partial charge in [0, 0.05) is 6.54 Å². The van der Waals surface area contributed by atoms with Gasteiger partial charge in [0.05, 0.1) is 6.04 Å². The summed E-state index contributed by atoms with van der Waals surface area (Å²) in [5.41, 5.74) is 1.88. The van der Waals surface area contributed by atoms with Gasteiger partial charge in [0.25, 0.3) is 0 Å². The fraction of sp³-hybridized carbons (Fsp3) is 0.467. The van der Waals surface area contributed by atoms with Crippen molar-refractivity contribution in [3.63, 3.8) is 0 Å². The quantitative estimate of drug-likeness (QED) is 0.600. The Hall–Kier alpha value is -1.20. The lowest BCUT2D eigenvalue weighted by Gasteiger charge is -2.35. The van der Waals surface area contributed by atoms with Crippen molar-refractivity contribution in [1.82, 2.24) is 5.32 Å². The summed E-state index contributed by atoms with van der Waals surface area (Å²) in [7, 11) is 0. The maximum Gasteiger partial charge on any atom is 0.111 e. The molecule has 1 aliphatic carbocycles. The first kappa shape index (κ1) is 14.2. The van der Waals surface area contributed by atoms with E-state index in [0.717, 1.165) is 11.1 Å². The molecule has 4 atom stereocenters. The van der Waals surface area contributed by atoms with Crippen molar-refractivity contribution in [2.24, 2.45) is 0 Å². The van der Waals surface area contributed by atoms with E-state index in [1.807, 2.05) is 43.3 Å². The third kappa shape index (κ3) is 3.22. The van der Waals surface area contributed by atoms with Gasteiger partial charge in [0.2, 0.25) is 0 Å². The van der Waals surface area contributed by atoms with E-state index in [-0.39, 0.29) is 6.04 Å². The summed E-state index contributed by atoms with van der Waals surface area (Å²) in [5.74, 6) is 0. The molecule has 0 fully saturated rings. The number of benzene rings is 1. The van der Waals surface area contributed by atoms with Gasteiger partial charge < -0.3 is 20.6 Å². The van der Waals surface area contributed by atoms with Crippen molar-refractivity contribution in [3.8, 4) is 0 Å². The normalized spacial score (nSPS) is 31.1. The van der Waals surface area contributed by atoms with E-state index in [0.29, 0.717) is 13.0 Å². The van der Waals surface area contributed by atoms with E-state index in [1.54, 1.807) is 0 Å². The van der Waals surface area contributed by atoms with Gasteiger partial charge in [0.15, 0.2) is 0 Å². The number of aliphatic hydroxyl groups excluding tert-OH is 3. The van der Waals surface area contributed by atoms with Crippen LogP contribution in [0.25, 0.3) is 0 Å². The molecule has 2 unspecified atom stereocenters. The van der Waals surface area contributed by atoms with Gasteiger partial charge in [-0.05, 0) is 17.6 Å². The molecule has 0 heterocycles. The number of nitrogens with one attached hydrogen (secondary N) is 1. The first-order valence-electron chi connectivity index (χ1n) is 6.65. The highest BCUT2D eigenvalue weighted by Crippen LogP contribution is 2.22. The van der Waals surface area contributed by atoms with Gasteiger partial charge in [-0.15, -0.1) is 0 Å². The summed E-state index contributed by atoms with van der Waals surface area (Å²) in [6.45, 7) is 2.53. The highest BCUT2D eigenvalue weighted by atomic mass is 16.4. The molecule has 2 rings (SSSR count). The second kappa shape index (κ2) is 6.30. The van der Waals surface area contributed by atoms with Crippen molar-refractivity contribution in [3.05, 3.63) is 47.5 Å². The van der Waals surface area contributed by atoms with E-state index >= 15 is 0 Å². The van der Waals surface area contributed by atoms with Gasteiger partial charge >= 0.3 is 0 Å². The Morgan fingerprint density at radius 3 is 2.37 bits per heavy atom. The molecule has 0 aromatic heterocycles. The van der Waals surface area contributed by atoms with Crippen molar-refractivity contribution >= 4 is 0 Å². The SMILES string of the molecule is CCC1=CC(NCc2ccccc2)[C@H](O)C(O)[C@@H]1O. The molecule has 1 aromatic rings. The van der Waals surface area contributed by atoms with Crippen LogP contribution in [0.2, 0.25) is 0 Å². The van der Waals surface area contributed by atoms with Crippen LogP contribution in [0.1, 0.15) is 18.9 Å². The second-order valence-electron chi connectivity index (χ2n) is 4.91. The minimum absolute atomic E-state index is 0.339. The average molecular weight is 263 g/mol. The first-order valence-corrected chi connectivity index (χ1v) is 6.65. The molecular formula is C15H21NO3. The monoisotopic (exact) mass is 263 g/mol. The minimum atomic E-state index is -1.13. The molecule has 0 radical (unpaired) electrons. The highest BCUT2D eigenvalue weighted by Gasteiger charge is 2.36. The number of aliphatic hydroxyl groups is 3. The molecule has 4 N–H and O–H groups in total. The summed E-state index contributed by atoms with van der Waals surface area (Å²) < 4.78 is 0. The van der Waals surface area contributed by atoms with Crippen molar-refractivity contribution in [1.29, 1.82) is 0 Å². The Balaban J connectivity index is 2.04. The maximum atomic E-state index is 9.98. The van der Waals surface area contributed by atoms with E-state index in [2.05, 4.69) is 5.32 Å². The van der Waals surface area contributed by atoms with Gasteiger partial charge in [0.1, 0.15) is 18.3 Å². The Bertz CT molecular complexity index is 432. The molecule has 0 spiro atoms. The maximum absolute atomic E-state index is 9.98. The molecule has 0 bridgehead atoms. The minimum Gasteiger partial charge on any atom is -0.388 e. The Labute approximate surface area is 113 Å². The van der Waals surface area contributed by atoms with Crippen LogP contribution in [0.3, 0.4) is 0 Å². The molecule has 4 heteroatoms. The fourth-order valence-electron chi connectivity index (χ4n) is 2.38. The van der Waals surface area contributed by atoms with Crippen LogP contribution in [-0.2, 0) is 6.54 Å². The summed E-state index contributed by atoms with van der Waals surface area (Å²) >= 11 is 0. The standard InChI is InChI=1S/C15H21NO3/c1-2-11-8-12(14(18)15(19)13(11)17)16-9-10-6-4-3-5-7-10/h3-8,12-19H,2,9H2,1H3/t12?,13-,14+,15?/m1/s1. The lowest BCUT2D eigenvalue weighted by Crippen LogP contribution is -2.53. The molecular weight excluding hydrogens is 242 g/mol. The van der Waals surface area contributed by atoms with E-state index in [9.17, 15) is 15.3 Å². The summed E-state index contributed by atoms with van der Waals surface area (Å²) in [4.78, 5) is 0. The summed E-state index contributed by atoms with van der Waals surface area (Å²) in [6, 6.07) is 9.53. The van der Waals surface area contributed by atoms with Crippen LogP contribution in [0.5, 0.6) is 0 Å². The predicted octanol–water partition coefficient (Wildman–Crippen LogP) is 0.577. The summed E-state index contributed by atoms with van der Waals surface area (Å²) in [6.07, 6.45) is -0.601. The van der Waals surface area contributed by atoms with Gasteiger partial charge in [-0.25, -0.2) is 0 Å². The van der Waals surface area contributed by atoms with Crippen LogP contribution in [0.15, 0.2) is 42.0 Å². The zero-order chi connectivity index (χ0) is 13.8. The molecule has 0 amide bonds. The Morgan fingerprint density at radius 2 is 1.74 bits per heavy atom. The van der Waals surface area contributed by atoms with Crippen LogP contribution in [0.4, 0.5) is 0 Å². The zero-order valence-electron chi connectivity index (χ0n) is 11.0. The van der Waals surface area contributed by atoms with Crippen molar-refractivity contribution in [2.75, 3.05) is 0 Å². The molecule has 0 aliphatic heterocycles. The number of hydrogen-bond donors (Lipinski definition) is 4. The smallest absolute Gasteiger partial charge is 0.111 e. The van der Waals surface area contributed by atoms with E-state index in [1.165, 1.54) is 0 Å². The third-order valence-corrected chi connectivity index (χ3v) is 3.61. The van der Waals surface area contributed by atoms with Gasteiger partial charge in [-0.1, -0.05) is 43.3 Å². The molecule has 0 saturated carbocycles. The Kier molecular flexibility index (Phi) is 4.71. The molecule has 104 valence electrons. The molecule has 1 aromatic carbocycles. The molecule has 19 heavy (non-hydrogen) atoms. The lowest BCUT2D eigenvalue weighted by molar-refractivity contribution is -0.0623. The third-order valence-electron chi connectivity index (χ3n) is 3.61. The predicted molar refractivity (Wildman–Crippen MR) is 73.5 cm³/mol. The van der Waals surface area contributed by atoms with Crippen molar-refractivity contribution in [2.45, 2.75) is 44.2 Å². The largest absolute Gasteiger partial charge is 0.388 e. The van der Waals surface area contributed by atoms with Crippen molar-refractivity contribution < 1.29 is 15.3 Å². The molecule has 4 nitrogen and oxygen atoms in total. The van der Waals surface area contributed by atoms with E-state index < -0.39 is 18.3 Å². The molecule has 1 aliphatic rings. The number of rotatable bonds is 4. The number of hydrogen-bond acceptors (Lipinski definition) is 4. The summed E-state index contributed by atoms with van der Waals surface area (Å²) in [5, 5.41) is 32.8. The molecule has 0 saturated heterocycles. The van der Waals surface area contributed by atoms with Crippen LogP contribution in [-0.4, -0.2) is 39.7 Å². The fourth-order valence-corrected chi connectivity index (χ4v) is 2.38. The Morgan fingerprint density at radius 1 is 1.05 bits per heavy atom. The van der Waals surface area contributed by atoms with Gasteiger partial charge in [-0.3, -0.25) is 0 Å². The van der Waals surface area contributed by atoms with E-state index in [4.69, 9.17) is 0 Å². The average Bonchev–Trinajstić information content (AvgIpc) is 2.45. The first-order chi connectivity index (χ1) is 9.13. The zero-order valence-corrected chi connectivity index (χ0v) is 11.0. The van der Waals surface area contributed by atoms with Crippen LogP contribution < -0.4 is 5.32 Å². The highest BCUT2D eigenvalue weighted by molar-refractivity contribution is 5.22. The van der Waals surface area contributed by atoms with Crippen LogP contribution in [0, 0.1) is 0 Å². The van der Waals surface area contributed by atoms with Gasteiger partial charge in [-0.2, -0.15) is 0 Å². The second-order valence-corrected chi connectivity index (χ2v) is 4.91. The lowest BCUT2D eigenvalue weighted by atomic mass is 9.87. The van der Waals surface area contributed by atoms with Crippen LogP contribution >= 0.6 is 0 Å².